The smallest absolute Gasteiger partial charge is 0.258 e. The molecule has 0 spiro atoms. The zero-order chi connectivity index (χ0) is 21.3. The highest BCUT2D eigenvalue weighted by Crippen LogP contribution is 2.26. The monoisotopic (exact) mass is 454 g/mol. The second-order valence-corrected chi connectivity index (χ2v) is 7.92. The first kappa shape index (κ1) is 20.3. The molecule has 0 saturated heterocycles. The number of benzene rings is 3. The van der Waals surface area contributed by atoms with Gasteiger partial charge in [0.1, 0.15) is 5.82 Å². The molecule has 0 unspecified atom stereocenters. The number of nitrogens with one attached hydrogen (secondary N) is 3. The van der Waals surface area contributed by atoms with Gasteiger partial charge in [-0.15, -0.1) is 0 Å². The number of thiocarbonyl (C=S) groups is 1. The Morgan fingerprint density at radius 2 is 1.87 bits per heavy atom. The van der Waals surface area contributed by atoms with Crippen LogP contribution in [-0.4, -0.2) is 21.0 Å². The van der Waals surface area contributed by atoms with Gasteiger partial charge in [0.15, 0.2) is 5.11 Å². The van der Waals surface area contributed by atoms with Crippen LogP contribution in [0.25, 0.3) is 22.4 Å². The molecule has 1 heterocycles. The zero-order valence-electron chi connectivity index (χ0n) is 15.8. The fourth-order valence-electron chi connectivity index (χ4n) is 2.99. The Morgan fingerprint density at radius 1 is 1.07 bits per heavy atom. The van der Waals surface area contributed by atoms with Gasteiger partial charge < -0.3 is 10.3 Å². The quantitative estimate of drug-likeness (QED) is 0.333. The Morgan fingerprint density at radius 3 is 2.67 bits per heavy atom. The molecule has 1 amide bonds. The van der Waals surface area contributed by atoms with Gasteiger partial charge in [-0.2, -0.15) is 0 Å². The number of aromatic amines is 1. The summed E-state index contributed by atoms with van der Waals surface area (Å²) in [6, 6.07) is 18.4. The van der Waals surface area contributed by atoms with Crippen molar-refractivity contribution in [2.75, 3.05) is 5.32 Å². The van der Waals surface area contributed by atoms with Crippen LogP contribution in [0.4, 0.5) is 5.69 Å². The number of fused-ring (bicyclic) bond motifs is 1. The molecule has 0 atom stereocenters. The molecule has 0 aliphatic rings. The summed E-state index contributed by atoms with van der Waals surface area (Å²) in [5.41, 5.74) is 4.72. The topological polar surface area (TPSA) is 69.8 Å². The lowest BCUT2D eigenvalue weighted by molar-refractivity contribution is 0.0978. The number of nitrogens with zero attached hydrogens (tertiary/aromatic N) is 1. The fourth-order valence-corrected chi connectivity index (χ4v) is 3.57. The van der Waals surface area contributed by atoms with Gasteiger partial charge in [-0.05, 0) is 61.1 Å². The summed E-state index contributed by atoms with van der Waals surface area (Å²) in [5.74, 6) is 0.311. The number of anilines is 1. The highest BCUT2D eigenvalue weighted by Gasteiger charge is 2.14. The van der Waals surface area contributed by atoms with Gasteiger partial charge in [-0.25, -0.2) is 4.98 Å². The minimum absolute atomic E-state index is 0.154. The van der Waals surface area contributed by atoms with Crippen LogP contribution in [-0.2, 0) is 0 Å². The first-order valence-electron chi connectivity index (χ1n) is 9.04. The van der Waals surface area contributed by atoms with Crippen LogP contribution in [0.1, 0.15) is 15.9 Å². The Labute approximate surface area is 188 Å². The van der Waals surface area contributed by atoms with E-state index in [2.05, 4.69) is 20.6 Å². The number of carbonyl (C=O) groups is 1. The van der Waals surface area contributed by atoms with Gasteiger partial charge in [0.25, 0.3) is 5.91 Å². The Hall–Kier alpha value is -2.93. The van der Waals surface area contributed by atoms with Crippen molar-refractivity contribution in [3.8, 4) is 11.4 Å². The van der Waals surface area contributed by atoms with Crippen molar-refractivity contribution >= 4 is 63.2 Å². The number of rotatable bonds is 3. The molecule has 30 heavy (non-hydrogen) atoms. The number of hydrogen-bond donors (Lipinski definition) is 3. The number of halogens is 2. The summed E-state index contributed by atoms with van der Waals surface area (Å²) in [5, 5.41) is 6.57. The van der Waals surface area contributed by atoms with E-state index in [-0.39, 0.29) is 10.7 Å². The molecule has 0 fully saturated rings. The van der Waals surface area contributed by atoms with Crippen molar-refractivity contribution in [1.29, 1.82) is 0 Å². The van der Waals surface area contributed by atoms with Crippen molar-refractivity contribution in [3.05, 3.63) is 81.8 Å². The first-order chi connectivity index (χ1) is 14.4. The predicted octanol–water partition coefficient (Wildman–Crippen LogP) is 5.97. The molecule has 0 radical (unpaired) electrons. The molecule has 150 valence electrons. The number of carbonyl (C=O) groups excluding carboxylic acids is 1. The summed E-state index contributed by atoms with van der Waals surface area (Å²) in [6.07, 6.45) is 0. The molecule has 0 aliphatic heterocycles. The number of aryl methyl sites for hydroxylation is 1. The third-order valence-electron chi connectivity index (χ3n) is 4.55. The largest absolute Gasteiger partial charge is 0.338 e. The van der Waals surface area contributed by atoms with Crippen molar-refractivity contribution < 1.29 is 4.79 Å². The Balaban J connectivity index is 1.54. The number of H-pyrrole nitrogens is 1. The summed E-state index contributed by atoms with van der Waals surface area (Å²) < 4.78 is 0. The predicted molar refractivity (Wildman–Crippen MR) is 126 cm³/mol. The van der Waals surface area contributed by atoms with Crippen molar-refractivity contribution in [2.45, 2.75) is 6.92 Å². The van der Waals surface area contributed by atoms with Gasteiger partial charge in [-0.1, -0.05) is 47.5 Å². The van der Waals surface area contributed by atoms with E-state index >= 15 is 0 Å². The summed E-state index contributed by atoms with van der Waals surface area (Å²) in [6.45, 7) is 1.95. The van der Waals surface area contributed by atoms with Gasteiger partial charge in [-0.3, -0.25) is 10.1 Å². The molecule has 3 N–H and O–H groups in total. The second-order valence-electron chi connectivity index (χ2n) is 6.66. The minimum Gasteiger partial charge on any atom is -0.338 e. The van der Waals surface area contributed by atoms with E-state index in [1.165, 1.54) is 6.07 Å². The van der Waals surface area contributed by atoms with E-state index in [1.807, 2.05) is 49.4 Å². The van der Waals surface area contributed by atoms with Gasteiger partial charge in [0.05, 0.1) is 21.6 Å². The van der Waals surface area contributed by atoms with Gasteiger partial charge >= 0.3 is 0 Å². The Bertz CT molecular complexity index is 1250. The molecular weight excluding hydrogens is 439 g/mol. The first-order valence-corrected chi connectivity index (χ1v) is 10.2. The van der Waals surface area contributed by atoms with E-state index < -0.39 is 5.91 Å². The molecule has 8 heteroatoms. The van der Waals surface area contributed by atoms with Crippen LogP contribution in [0.15, 0.2) is 60.7 Å². The van der Waals surface area contributed by atoms with Crippen molar-refractivity contribution in [2.24, 2.45) is 0 Å². The van der Waals surface area contributed by atoms with Crippen molar-refractivity contribution in [1.82, 2.24) is 15.3 Å². The van der Waals surface area contributed by atoms with Gasteiger partial charge in [0.2, 0.25) is 0 Å². The molecule has 0 aliphatic carbocycles. The minimum atomic E-state index is -0.439. The summed E-state index contributed by atoms with van der Waals surface area (Å²) >= 11 is 17.4. The normalized spacial score (nSPS) is 10.8. The molecule has 1 aromatic heterocycles. The van der Waals surface area contributed by atoms with E-state index in [0.717, 1.165) is 33.7 Å². The lowest BCUT2D eigenvalue weighted by atomic mass is 10.1. The van der Waals surface area contributed by atoms with E-state index in [4.69, 9.17) is 35.4 Å². The van der Waals surface area contributed by atoms with Crippen LogP contribution in [0.5, 0.6) is 0 Å². The Kier molecular flexibility index (Phi) is 5.72. The highest BCUT2D eigenvalue weighted by atomic mass is 35.5. The second kappa shape index (κ2) is 8.44. The third kappa shape index (κ3) is 4.31. The maximum Gasteiger partial charge on any atom is 0.258 e. The maximum atomic E-state index is 12.5. The average Bonchev–Trinajstić information content (AvgIpc) is 3.15. The molecule has 0 bridgehead atoms. The lowest BCUT2D eigenvalue weighted by Gasteiger charge is -2.13. The SMILES string of the molecule is Cc1ccc(-c2nc3ccccc3[nH]2)cc1NC(=S)NC(=O)c1cc(Cl)ccc1Cl. The highest BCUT2D eigenvalue weighted by molar-refractivity contribution is 7.80. The molecule has 0 saturated carbocycles. The number of aromatic nitrogens is 2. The molecule has 4 aromatic rings. The summed E-state index contributed by atoms with van der Waals surface area (Å²) in [7, 11) is 0. The zero-order valence-corrected chi connectivity index (χ0v) is 18.1. The van der Waals surface area contributed by atoms with Crippen molar-refractivity contribution in [3.63, 3.8) is 0 Å². The maximum absolute atomic E-state index is 12.5. The number of imidazole rings is 1. The van der Waals surface area contributed by atoms with Crippen LogP contribution in [0.2, 0.25) is 10.0 Å². The fraction of sp³-hybridized carbons (Fsp3) is 0.0455. The summed E-state index contributed by atoms with van der Waals surface area (Å²) in [4.78, 5) is 20.4. The van der Waals surface area contributed by atoms with E-state index in [0.29, 0.717) is 10.0 Å². The third-order valence-corrected chi connectivity index (χ3v) is 5.32. The number of amides is 1. The van der Waals surface area contributed by atoms with Crippen LogP contribution >= 0.6 is 35.4 Å². The van der Waals surface area contributed by atoms with Crippen LogP contribution < -0.4 is 10.6 Å². The van der Waals surface area contributed by atoms with Crippen LogP contribution in [0.3, 0.4) is 0 Å². The molecule has 3 aromatic carbocycles. The number of para-hydroxylation sites is 2. The molecular formula is C22H16Cl2N4OS. The van der Waals surface area contributed by atoms with E-state index in [9.17, 15) is 4.79 Å². The standard InChI is InChI=1S/C22H16Cl2N4OS/c1-12-6-7-13(20-25-17-4-2-3-5-18(17)26-20)10-19(12)27-22(30)28-21(29)15-11-14(23)8-9-16(15)24/h2-11H,1H3,(H,25,26)(H2,27,28,29,30). The average molecular weight is 455 g/mol. The lowest BCUT2D eigenvalue weighted by Crippen LogP contribution is -2.34. The van der Waals surface area contributed by atoms with Gasteiger partial charge in [0, 0.05) is 16.3 Å². The van der Waals surface area contributed by atoms with E-state index in [1.54, 1.807) is 12.1 Å². The molecule has 5 nitrogen and oxygen atoms in total. The van der Waals surface area contributed by atoms with Crippen LogP contribution in [0, 0.1) is 6.92 Å². The number of hydrogen-bond acceptors (Lipinski definition) is 3. The molecule has 4 rings (SSSR count).